The molecule has 1 heterocycles. The highest BCUT2D eigenvalue weighted by Crippen LogP contribution is 2.20. The van der Waals surface area contributed by atoms with Gasteiger partial charge in [-0.1, -0.05) is 0 Å². The monoisotopic (exact) mass is 399 g/mol. The molecule has 8 nitrogen and oxygen atoms in total. The number of aromatic nitrogens is 2. The molecule has 9 heteroatoms. The number of ether oxygens (including phenoxy) is 1. The van der Waals surface area contributed by atoms with Crippen molar-refractivity contribution in [2.75, 3.05) is 11.9 Å². The van der Waals surface area contributed by atoms with Gasteiger partial charge < -0.3 is 20.7 Å². The Balaban J connectivity index is 1.62. The maximum atomic E-state index is 11.8. The fourth-order valence-corrected chi connectivity index (χ4v) is 2.51. The molecule has 3 N–H and O–H groups in total. The summed E-state index contributed by atoms with van der Waals surface area (Å²) in [5, 5.41) is 8.61. The summed E-state index contributed by atoms with van der Waals surface area (Å²) in [5.41, 5.74) is -0.501. The summed E-state index contributed by atoms with van der Waals surface area (Å²) in [5.74, 6) is 0.209. The van der Waals surface area contributed by atoms with Crippen molar-refractivity contribution in [3.8, 4) is 0 Å². The summed E-state index contributed by atoms with van der Waals surface area (Å²) in [4.78, 5) is 31.5. The highest BCUT2D eigenvalue weighted by Gasteiger charge is 2.31. The van der Waals surface area contributed by atoms with E-state index in [2.05, 4.69) is 41.8 Å². The minimum Gasteiger partial charge on any atom is -0.444 e. The van der Waals surface area contributed by atoms with Crippen molar-refractivity contribution in [1.82, 2.24) is 20.6 Å². The first-order chi connectivity index (χ1) is 11.2. The van der Waals surface area contributed by atoms with Gasteiger partial charge in [0.2, 0.25) is 5.91 Å². The number of halogens is 1. The SMILES string of the molecule is CC(C)(C)OC(=O)NC1CC(NCC(=O)Nc2cncc(Br)n2)C1. The molecule has 0 saturated heterocycles. The van der Waals surface area contributed by atoms with Gasteiger partial charge in [0, 0.05) is 12.1 Å². The molecular weight excluding hydrogens is 378 g/mol. The van der Waals surface area contributed by atoms with Crippen molar-refractivity contribution >= 4 is 33.7 Å². The maximum absolute atomic E-state index is 11.8. The van der Waals surface area contributed by atoms with Crippen LogP contribution in [0.3, 0.4) is 0 Å². The van der Waals surface area contributed by atoms with Crippen LogP contribution in [-0.2, 0) is 9.53 Å². The fraction of sp³-hybridized carbons (Fsp3) is 0.600. The largest absolute Gasteiger partial charge is 0.444 e. The van der Waals surface area contributed by atoms with Gasteiger partial charge in [-0.2, -0.15) is 0 Å². The van der Waals surface area contributed by atoms with Crippen molar-refractivity contribution in [3.63, 3.8) is 0 Å². The zero-order valence-electron chi connectivity index (χ0n) is 13.9. The Kier molecular flexibility index (Phi) is 6.11. The topological polar surface area (TPSA) is 105 Å². The van der Waals surface area contributed by atoms with Crippen molar-refractivity contribution in [3.05, 3.63) is 17.0 Å². The van der Waals surface area contributed by atoms with Crippen LogP contribution in [0.15, 0.2) is 17.0 Å². The smallest absolute Gasteiger partial charge is 0.407 e. The summed E-state index contributed by atoms with van der Waals surface area (Å²) in [6.45, 7) is 5.65. The number of hydrogen-bond donors (Lipinski definition) is 3. The van der Waals surface area contributed by atoms with E-state index in [1.807, 2.05) is 20.8 Å². The Labute approximate surface area is 149 Å². The van der Waals surface area contributed by atoms with Gasteiger partial charge in [0.05, 0.1) is 18.9 Å². The first kappa shape index (κ1) is 18.6. The Morgan fingerprint density at radius 2 is 2.00 bits per heavy atom. The number of alkyl carbamates (subject to hydrolysis) is 1. The van der Waals surface area contributed by atoms with Crippen LogP contribution in [0.4, 0.5) is 10.6 Å². The second kappa shape index (κ2) is 7.89. The number of rotatable bonds is 5. The Morgan fingerprint density at radius 3 is 2.62 bits per heavy atom. The molecule has 0 aromatic carbocycles. The highest BCUT2D eigenvalue weighted by molar-refractivity contribution is 9.10. The predicted molar refractivity (Wildman–Crippen MR) is 92.5 cm³/mol. The third-order valence-electron chi connectivity index (χ3n) is 3.28. The number of carbonyl (C=O) groups is 2. The molecule has 1 fully saturated rings. The molecule has 0 spiro atoms. The molecule has 0 radical (unpaired) electrons. The molecule has 1 aliphatic rings. The zero-order chi connectivity index (χ0) is 17.7. The van der Waals surface area contributed by atoms with Crippen LogP contribution in [-0.4, -0.2) is 46.2 Å². The summed E-state index contributed by atoms with van der Waals surface area (Å²) in [6.07, 6.45) is 4.15. The molecule has 1 aliphatic carbocycles. The minimum atomic E-state index is -0.501. The maximum Gasteiger partial charge on any atom is 0.407 e. The lowest BCUT2D eigenvalue weighted by Crippen LogP contribution is -2.54. The van der Waals surface area contributed by atoms with Gasteiger partial charge >= 0.3 is 6.09 Å². The van der Waals surface area contributed by atoms with Gasteiger partial charge in [-0.05, 0) is 49.5 Å². The average molecular weight is 400 g/mol. The van der Waals surface area contributed by atoms with E-state index in [1.165, 1.54) is 6.20 Å². The average Bonchev–Trinajstić information content (AvgIpc) is 2.39. The predicted octanol–water partition coefficient (Wildman–Crippen LogP) is 1.82. The second-order valence-electron chi connectivity index (χ2n) is 6.67. The third-order valence-corrected chi connectivity index (χ3v) is 3.66. The standard InChI is InChI=1S/C15H22BrN5O3/c1-15(2,3)24-14(23)19-10-4-9(5-10)18-8-13(22)21-12-7-17-6-11(16)20-12/h6-7,9-10,18H,4-5,8H2,1-3H3,(H,19,23)(H,20,21,22). The van der Waals surface area contributed by atoms with Gasteiger partial charge in [-0.15, -0.1) is 0 Å². The molecule has 132 valence electrons. The highest BCUT2D eigenvalue weighted by atomic mass is 79.9. The number of nitrogens with zero attached hydrogens (tertiary/aromatic N) is 2. The van der Waals surface area contributed by atoms with Crippen LogP contribution < -0.4 is 16.0 Å². The third kappa shape index (κ3) is 6.40. The van der Waals surface area contributed by atoms with Crippen molar-refractivity contribution in [1.29, 1.82) is 0 Å². The molecule has 1 saturated carbocycles. The summed E-state index contributed by atoms with van der Waals surface area (Å²) >= 11 is 3.19. The normalized spacial score (nSPS) is 20.0. The summed E-state index contributed by atoms with van der Waals surface area (Å²) in [6, 6.07) is 0.278. The zero-order valence-corrected chi connectivity index (χ0v) is 15.5. The Bertz CT molecular complexity index is 599. The van der Waals surface area contributed by atoms with Crippen LogP contribution in [0.2, 0.25) is 0 Å². The van der Waals surface area contributed by atoms with Crippen LogP contribution in [0.1, 0.15) is 33.6 Å². The molecule has 0 aliphatic heterocycles. The molecular formula is C15H22BrN5O3. The van der Waals surface area contributed by atoms with Gasteiger partial charge in [-0.3, -0.25) is 9.78 Å². The minimum absolute atomic E-state index is 0.0800. The van der Waals surface area contributed by atoms with Crippen LogP contribution in [0, 0.1) is 0 Å². The van der Waals surface area contributed by atoms with E-state index in [0.717, 1.165) is 12.8 Å². The van der Waals surface area contributed by atoms with E-state index in [1.54, 1.807) is 6.20 Å². The van der Waals surface area contributed by atoms with Crippen LogP contribution >= 0.6 is 15.9 Å². The molecule has 0 atom stereocenters. The Hall–Kier alpha value is -1.74. The van der Waals surface area contributed by atoms with Gasteiger partial charge in [0.15, 0.2) is 5.82 Å². The van der Waals surface area contributed by atoms with Gasteiger partial charge in [0.1, 0.15) is 10.2 Å². The van der Waals surface area contributed by atoms with Gasteiger partial charge in [0.25, 0.3) is 0 Å². The number of hydrogen-bond acceptors (Lipinski definition) is 6. The summed E-state index contributed by atoms with van der Waals surface area (Å²) in [7, 11) is 0. The van der Waals surface area contributed by atoms with E-state index in [9.17, 15) is 9.59 Å². The van der Waals surface area contributed by atoms with Crippen LogP contribution in [0.25, 0.3) is 0 Å². The lowest BCUT2D eigenvalue weighted by molar-refractivity contribution is -0.115. The van der Waals surface area contributed by atoms with E-state index >= 15 is 0 Å². The number of carbonyl (C=O) groups excluding carboxylic acids is 2. The van der Waals surface area contributed by atoms with E-state index < -0.39 is 11.7 Å². The summed E-state index contributed by atoms with van der Waals surface area (Å²) < 4.78 is 5.76. The van der Waals surface area contributed by atoms with Crippen molar-refractivity contribution in [2.24, 2.45) is 0 Å². The van der Waals surface area contributed by atoms with E-state index in [0.29, 0.717) is 10.4 Å². The fourth-order valence-electron chi connectivity index (χ4n) is 2.20. The molecule has 24 heavy (non-hydrogen) atoms. The van der Waals surface area contributed by atoms with Crippen LogP contribution in [0.5, 0.6) is 0 Å². The molecule has 2 amide bonds. The lowest BCUT2D eigenvalue weighted by atomic mass is 9.87. The molecule has 0 bridgehead atoms. The number of anilines is 1. The first-order valence-corrected chi connectivity index (χ1v) is 8.51. The first-order valence-electron chi connectivity index (χ1n) is 7.71. The second-order valence-corrected chi connectivity index (χ2v) is 7.48. The van der Waals surface area contributed by atoms with Crippen molar-refractivity contribution in [2.45, 2.75) is 51.3 Å². The number of amides is 2. The van der Waals surface area contributed by atoms with Crippen molar-refractivity contribution < 1.29 is 14.3 Å². The molecule has 1 aromatic rings. The van der Waals surface area contributed by atoms with E-state index in [-0.39, 0.29) is 24.5 Å². The quantitative estimate of drug-likeness (QED) is 0.697. The lowest BCUT2D eigenvalue weighted by Gasteiger charge is -2.36. The molecule has 0 unspecified atom stereocenters. The molecule has 2 rings (SSSR count). The van der Waals surface area contributed by atoms with Gasteiger partial charge in [-0.25, -0.2) is 9.78 Å². The molecule has 1 aromatic heterocycles. The van der Waals surface area contributed by atoms with E-state index in [4.69, 9.17) is 4.74 Å². The Morgan fingerprint density at radius 1 is 1.29 bits per heavy atom. The number of nitrogens with one attached hydrogen (secondary N) is 3.